The van der Waals surface area contributed by atoms with Gasteiger partial charge in [0.1, 0.15) is 19.3 Å². The molecule has 0 aliphatic carbocycles. The Hall–Kier alpha value is -2.42. The minimum Gasteiger partial charge on any atom is -0.480 e. The van der Waals surface area contributed by atoms with Gasteiger partial charge in [0, 0.05) is 19.6 Å². The second-order valence-electron chi connectivity index (χ2n) is 4.96. The third kappa shape index (κ3) is 3.08. The zero-order valence-corrected chi connectivity index (χ0v) is 11.9. The van der Waals surface area contributed by atoms with E-state index >= 15 is 0 Å². The number of carbonyl (C=O) groups excluding carboxylic acids is 3. The Morgan fingerprint density at radius 1 is 1.32 bits per heavy atom. The summed E-state index contributed by atoms with van der Waals surface area (Å²) in [6.45, 7) is 3.36. The number of hydrogen-bond donors (Lipinski definition) is 1. The second kappa shape index (κ2) is 6.56. The van der Waals surface area contributed by atoms with Crippen LogP contribution in [0.3, 0.4) is 0 Å². The van der Waals surface area contributed by atoms with Crippen molar-refractivity contribution in [3.8, 4) is 0 Å². The molecule has 0 aromatic heterocycles. The Morgan fingerprint density at radius 2 is 2.05 bits per heavy atom. The van der Waals surface area contributed by atoms with Gasteiger partial charge < -0.3 is 19.6 Å². The molecule has 0 bridgehead atoms. The van der Waals surface area contributed by atoms with Crippen LogP contribution in [0.2, 0.25) is 0 Å². The molecule has 9 heteroatoms. The van der Waals surface area contributed by atoms with E-state index in [0.29, 0.717) is 0 Å². The number of piperazine rings is 1. The van der Waals surface area contributed by atoms with Gasteiger partial charge in [-0.2, -0.15) is 0 Å². The topological polar surface area (TPSA) is 107 Å². The number of carboxylic acids is 1. The van der Waals surface area contributed by atoms with E-state index in [1.807, 2.05) is 0 Å². The molecule has 0 spiro atoms. The Labute approximate surface area is 126 Å². The molecule has 4 amide bonds. The summed E-state index contributed by atoms with van der Waals surface area (Å²) >= 11 is 0. The number of hydrogen-bond acceptors (Lipinski definition) is 5. The molecule has 2 fully saturated rings. The lowest BCUT2D eigenvalue weighted by molar-refractivity contribution is -0.146. The van der Waals surface area contributed by atoms with Gasteiger partial charge in [-0.25, -0.2) is 9.59 Å². The highest BCUT2D eigenvalue weighted by Crippen LogP contribution is 2.22. The van der Waals surface area contributed by atoms with Gasteiger partial charge >= 0.3 is 12.0 Å². The molecule has 120 valence electrons. The number of urea groups is 1. The van der Waals surface area contributed by atoms with E-state index in [9.17, 15) is 19.2 Å². The van der Waals surface area contributed by atoms with Crippen LogP contribution in [-0.4, -0.2) is 89.1 Å². The van der Waals surface area contributed by atoms with Gasteiger partial charge in [-0.1, -0.05) is 6.08 Å². The fraction of sp³-hybridized carbons (Fsp3) is 0.538. The molecule has 2 rings (SSSR count). The van der Waals surface area contributed by atoms with Gasteiger partial charge in [0.15, 0.2) is 0 Å². The van der Waals surface area contributed by atoms with Crippen LogP contribution in [0.5, 0.6) is 0 Å². The number of amides is 4. The maximum absolute atomic E-state index is 12.2. The maximum Gasteiger partial charge on any atom is 0.329 e. The van der Waals surface area contributed by atoms with Crippen molar-refractivity contribution in [2.75, 3.05) is 39.4 Å². The van der Waals surface area contributed by atoms with Crippen LogP contribution in [0, 0.1) is 0 Å². The number of carboxylic acid groups (broad SMARTS) is 1. The maximum atomic E-state index is 12.2. The molecule has 0 radical (unpaired) electrons. The van der Waals surface area contributed by atoms with E-state index in [2.05, 4.69) is 6.58 Å². The summed E-state index contributed by atoms with van der Waals surface area (Å²) < 4.78 is 4.75. The summed E-state index contributed by atoms with van der Waals surface area (Å²) in [6.07, 6.45) is 1.47. The number of nitrogens with zero attached hydrogens (tertiary/aromatic N) is 3. The highest BCUT2D eigenvalue weighted by Gasteiger charge is 2.47. The molecule has 1 atom stereocenters. The summed E-state index contributed by atoms with van der Waals surface area (Å²) in [4.78, 5) is 50.4. The minimum absolute atomic E-state index is 0.0908. The van der Waals surface area contributed by atoms with Gasteiger partial charge in [0.05, 0.1) is 6.54 Å². The van der Waals surface area contributed by atoms with Gasteiger partial charge in [0.2, 0.25) is 5.91 Å². The zero-order valence-electron chi connectivity index (χ0n) is 11.9. The first-order chi connectivity index (χ1) is 10.5. The van der Waals surface area contributed by atoms with Crippen LogP contribution in [0.1, 0.15) is 0 Å². The highest BCUT2D eigenvalue weighted by atomic mass is 16.5. The van der Waals surface area contributed by atoms with E-state index in [1.165, 1.54) is 15.9 Å². The normalized spacial score (nSPS) is 21.1. The zero-order chi connectivity index (χ0) is 16.3. The Bertz CT molecular complexity index is 520. The summed E-state index contributed by atoms with van der Waals surface area (Å²) in [5.74, 6) is -1.91. The molecule has 0 unspecified atom stereocenters. The van der Waals surface area contributed by atoms with Crippen molar-refractivity contribution in [2.45, 2.75) is 6.04 Å². The molecule has 22 heavy (non-hydrogen) atoms. The third-order valence-corrected chi connectivity index (χ3v) is 3.52. The molecule has 2 heterocycles. The lowest BCUT2D eigenvalue weighted by atomic mass is 10.2. The summed E-state index contributed by atoms with van der Waals surface area (Å²) in [7, 11) is 0. The van der Waals surface area contributed by atoms with Crippen molar-refractivity contribution < 1.29 is 29.0 Å². The largest absolute Gasteiger partial charge is 0.480 e. The van der Waals surface area contributed by atoms with Gasteiger partial charge in [-0.3, -0.25) is 14.5 Å². The van der Waals surface area contributed by atoms with E-state index in [4.69, 9.17) is 9.84 Å². The summed E-state index contributed by atoms with van der Waals surface area (Å²) in [5.41, 5.74) is 0. The first-order valence-corrected chi connectivity index (χ1v) is 6.76. The standard InChI is InChI=1S/C13H17N3O6/c1-2-3-16-12(20)9-6-14(4-5-15(9)13(16)21)10(17)7-22-8-11(18)19/h2,9H,1,3-8H2,(H,18,19)/t9-/m0/s1. The smallest absolute Gasteiger partial charge is 0.329 e. The molecule has 2 aliphatic heterocycles. The monoisotopic (exact) mass is 311 g/mol. The van der Waals surface area contributed by atoms with Crippen LogP contribution < -0.4 is 0 Å². The van der Waals surface area contributed by atoms with Crippen LogP contribution in [0.25, 0.3) is 0 Å². The van der Waals surface area contributed by atoms with Crippen molar-refractivity contribution in [1.29, 1.82) is 0 Å². The van der Waals surface area contributed by atoms with Crippen molar-refractivity contribution in [3.05, 3.63) is 12.7 Å². The number of imide groups is 1. The summed E-state index contributed by atoms with van der Waals surface area (Å²) in [6, 6.07) is -1.06. The molecule has 2 aliphatic rings. The first-order valence-electron chi connectivity index (χ1n) is 6.76. The number of carbonyl (C=O) groups is 4. The number of ether oxygens (including phenoxy) is 1. The number of rotatable bonds is 6. The van der Waals surface area contributed by atoms with Crippen LogP contribution in [0.15, 0.2) is 12.7 Å². The highest BCUT2D eigenvalue weighted by molar-refractivity contribution is 6.05. The SMILES string of the molecule is C=CCN1C(=O)[C@@H]2CN(C(=O)COCC(=O)O)CCN2C1=O. The second-order valence-corrected chi connectivity index (χ2v) is 4.96. The van der Waals surface area contributed by atoms with Gasteiger partial charge in [0.25, 0.3) is 5.91 Å². The Morgan fingerprint density at radius 3 is 2.68 bits per heavy atom. The lowest BCUT2D eigenvalue weighted by Crippen LogP contribution is -2.55. The van der Waals surface area contributed by atoms with Crippen molar-refractivity contribution in [3.63, 3.8) is 0 Å². The molecule has 0 saturated carbocycles. The predicted molar refractivity (Wildman–Crippen MR) is 72.8 cm³/mol. The fourth-order valence-corrected chi connectivity index (χ4v) is 2.49. The number of fused-ring (bicyclic) bond motifs is 1. The average molecular weight is 311 g/mol. The Kier molecular flexibility index (Phi) is 4.76. The van der Waals surface area contributed by atoms with E-state index < -0.39 is 24.5 Å². The molecule has 9 nitrogen and oxygen atoms in total. The predicted octanol–water partition coefficient (Wildman–Crippen LogP) is -1.25. The van der Waals surface area contributed by atoms with E-state index in [1.54, 1.807) is 0 Å². The summed E-state index contributed by atoms with van der Waals surface area (Å²) in [5, 5.41) is 8.45. The van der Waals surface area contributed by atoms with Crippen molar-refractivity contribution in [2.24, 2.45) is 0 Å². The molecule has 0 aromatic carbocycles. The van der Waals surface area contributed by atoms with Crippen LogP contribution >= 0.6 is 0 Å². The molecule has 0 aromatic rings. The van der Waals surface area contributed by atoms with Gasteiger partial charge in [-0.05, 0) is 0 Å². The quantitative estimate of drug-likeness (QED) is 0.485. The fourth-order valence-electron chi connectivity index (χ4n) is 2.49. The van der Waals surface area contributed by atoms with E-state index in [-0.39, 0.29) is 44.7 Å². The number of aliphatic carboxylic acids is 1. The molecular weight excluding hydrogens is 294 g/mol. The van der Waals surface area contributed by atoms with Crippen molar-refractivity contribution in [1.82, 2.24) is 14.7 Å². The molecule has 2 saturated heterocycles. The lowest BCUT2D eigenvalue weighted by Gasteiger charge is -2.35. The minimum atomic E-state index is -1.16. The van der Waals surface area contributed by atoms with E-state index in [0.717, 1.165) is 4.90 Å². The molecular formula is C13H17N3O6. The first kappa shape index (κ1) is 16.0. The average Bonchev–Trinajstić information content (AvgIpc) is 2.72. The van der Waals surface area contributed by atoms with Crippen molar-refractivity contribution >= 4 is 23.8 Å². The van der Waals surface area contributed by atoms with Crippen LogP contribution in [0.4, 0.5) is 4.79 Å². The van der Waals surface area contributed by atoms with Crippen LogP contribution in [-0.2, 0) is 19.1 Å². The van der Waals surface area contributed by atoms with Gasteiger partial charge in [-0.15, -0.1) is 6.58 Å². The molecule has 1 N–H and O–H groups in total. The Balaban J connectivity index is 1.94. The third-order valence-electron chi connectivity index (χ3n) is 3.52.